The van der Waals surface area contributed by atoms with Crippen molar-refractivity contribution in [3.63, 3.8) is 0 Å². The minimum atomic E-state index is -3.62. The minimum Gasteiger partial charge on any atom is -0.326 e. The Morgan fingerprint density at radius 3 is 2.86 bits per heavy atom. The number of halogens is 1. The Balaban J connectivity index is 1.83. The van der Waals surface area contributed by atoms with E-state index in [1.165, 1.54) is 6.07 Å². The van der Waals surface area contributed by atoms with Crippen molar-refractivity contribution in [2.24, 2.45) is 0 Å². The van der Waals surface area contributed by atoms with Gasteiger partial charge in [-0.3, -0.25) is 4.79 Å². The monoisotopic (exact) mass is 387 g/mol. The SMILES string of the molecule is O=C1CCc2cc(Br)c(S(=O)(=O)NCC3CCCN3)cc2N1. The molecule has 1 aromatic carbocycles. The molecule has 1 unspecified atom stereocenters. The number of carbonyl (C=O) groups is 1. The maximum atomic E-state index is 12.5. The van der Waals surface area contributed by atoms with Crippen molar-refractivity contribution in [2.75, 3.05) is 18.4 Å². The fraction of sp³-hybridized carbons (Fsp3) is 0.500. The summed E-state index contributed by atoms with van der Waals surface area (Å²) in [5.41, 5.74) is 1.53. The van der Waals surface area contributed by atoms with E-state index in [-0.39, 0.29) is 16.8 Å². The molecule has 22 heavy (non-hydrogen) atoms. The first kappa shape index (κ1) is 15.9. The van der Waals surface area contributed by atoms with Gasteiger partial charge in [-0.15, -0.1) is 0 Å². The summed E-state index contributed by atoms with van der Waals surface area (Å²) in [6, 6.07) is 3.49. The number of amides is 1. The van der Waals surface area contributed by atoms with Gasteiger partial charge in [0.2, 0.25) is 15.9 Å². The Kier molecular flexibility index (Phi) is 4.54. The molecule has 0 saturated carbocycles. The number of fused-ring (bicyclic) bond motifs is 1. The molecule has 0 aromatic heterocycles. The fourth-order valence-corrected chi connectivity index (χ4v) is 5.00. The molecule has 1 fully saturated rings. The zero-order valence-corrected chi connectivity index (χ0v) is 14.4. The molecule has 0 radical (unpaired) electrons. The van der Waals surface area contributed by atoms with Crippen molar-refractivity contribution in [3.8, 4) is 0 Å². The van der Waals surface area contributed by atoms with Crippen LogP contribution in [0.25, 0.3) is 0 Å². The number of benzene rings is 1. The molecule has 3 rings (SSSR count). The molecule has 2 aliphatic rings. The fourth-order valence-electron chi connectivity index (χ4n) is 2.80. The highest BCUT2D eigenvalue weighted by Crippen LogP contribution is 2.32. The Morgan fingerprint density at radius 2 is 2.14 bits per heavy atom. The Labute approximate surface area is 138 Å². The smallest absolute Gasteiger partial charge is 0.241 e. The van der Waals surface area contributed by atoms with E-state index in [0.717, 1.165) is 24.9 Å². The molecule has 3 N–H and O–H groups in total. The van der Waals surface area contributed by atoms with Crippen LogP contribution in [0.4, 0.5) is 5.69 Å². The van der Waals surface area contributed by atoms with Crippen LogP contribution in [-0.2, 0) is 21.2 Å². The predicted octanol–water partition coefficient (Wildman–Crippen LogP) is 1.36. The van der Waals surface area contributed by atoms with E-state index in [0.29, 0.717) is 29.5 Å². The highest BCUT2D eigenvalue weighted by atomic mass is 79.9. The van der Waals surface area contributed by atoms with E-state index in [1.807, 2.05) is 0 Å². The maximum Gasteiger partial charge on any atom is 0.241 e. The standard InChI is InChI=1S/C14H18BrN3O3S/c15-11-6-9-3-4-14(19)18-12(9)7-13(11)22(20,21)17-8-10-2-1-5-16-10/h6-7,10,16-17H,1-5,8H2,(H,18,19). The highest BCUT2D eigenvalue weighted by Gasteiger charge is 2.24. The number of anilines is 1. The van der Waals surface area contributed by atoms with Crippen LogP contribution in [0.5, 0.6) is 0 Å². The van der Waals surface area contributed by atoms with Gasteiger partial charge in [0, 0.05) is 29.2 Å². The first-order valence-electron chi connectivity index (χ1n) is 7.31. The zero-order valence-electron chi connectivity index (χ0n) is 12.0. The van der Waals surface area contributed by atoms with Crippen LogP contribution in [0.1, 0.15) is 24.8 Å². The zero-order chi connectivity index (χ0) is 15.7. The van der Waals surface area contributed by atoms with Gasteiger partial charge in [-0.05, 0) is 59.4 Å². The molecule has 1 atom stereocenters. The van der Waals surface area contributed by atoms with Crippen molar-refractivity contribution in [3.05, 3.63) is 22.2 Å². The summed E-state index contributed by atoms with van der Waals surface area (Å²) in [5, 5.41) is 5.99. The Hall–Kier alpha value is -0.960. The van der Waals surface area contributed by atoms with Crippen LogP contribution in [-0.4, -0.2) is 33.5 Å². The van der Waals surface area contributed by atoms with Crippen molar-refractivity contribution in [1.29, 1.82) is 0 Å². The lowest BCUT2D eigenvalue weighted by molar-refractivity contribution is -0.116. The summed E-state index contributed by atoms with van der Waals surface area (Å²) in [6.07, 6.45) is 3.10. The molecule has 2 heterocycles. The third kappa shape index (κ3) is 3.34. The van der Waals surface area contributed by atoms with Gasteiger partial charge in [0.25, 0.3) is 0 Å². The predicted molar refractivity (Wildman–Crippen MR) is 87.3 cm³/mol. The van der Waals surface area contributed by atoms with Gasteiger partial charge in [0.05, 0.1) is 4.90 Å². The topological polar surface area (TPSA) is 87.3 Å². The molecule has 2 aliphatic heterocycles. The van der Waals surface area contributed by atoms with Gasteiger partial charge >= 0.3 is 0 Å². The first-order valence-corrected chi connectivity index (χ1v) is 9.58. The van der Waals surface area contributed by atoms with E-state index in [2.05, 4.69) is 31.3 Å². The molecule has 1 saturated heterocycles. The largest absolute Gasteiger partial charge is 0.326 e. The van der Waals surface area contributed by atoms with Gasteiger partial charge in [-0.1, -0.05) is 0 Å². The maximum absolute atomic E-state index is 12.5. The van der Waals surface area contributed by atoms with E-state index >= 15 is 0 Å². The third-order valence-corrected chi connectivity index (χ3v) is 6.41. The lowest BCUT2D eigenvalue weighted by Gasteiger charge is -2.19. The summed E-state index contributed by atoms with van der Waals surface area (Å²) < 4.78 is 28.2. The Bertz CT molecular complexity index is 700. The van der Waals surface area contributed by atoms with Gasteiger partial charge in [0.15, 0.2) is 0 Å². The normalized spacial score (nSPS) is 21.5. The first-order chi connectivity index (χ1) is 10.5. The lowest BCUT2D eigenvalue weighted by Crippen LogP contribution is -2.37. The molecule has 0 aliphatic carbocycles. The van der Waals surface area contributed by atoms with Crippen LogP contribution in [0, 0.1) is 0 Å². The second-order valence-corrected chi connectivity index (χ2v) is 8.22. The van der Waals surface area contributed by atoms with Crippen LogP contribution in [0.3, 0.4) is 0 Å². The average Bonchev–Trinajstić information content (AvgIpc) is 2.98. The van der Waals surface area contributed by atoms with Crippen LogP contribution < -0.4 is 15.4 Å². The number of hydrogen-bond acceptors (Lipinski definition) is 4. The van der Waals surface area contributed by atoms with Crippen molar-refractivity contribution in [2.45, 2.75) is 36.6 Å². The summed E-state index contributed by atoms with van der Waals surface area (Å²) >= 11 is 3.33. The van der Waals surface area contributed by atoms with Gasteiger partial charge < -0.3 is 10.6 Å². The third-order valence-electron chi connectivity index (χ3n) is 4.02. The van der Waals surface area contributed by atoms with E-state index in [4.69, 9.17) is 0 Å². The van der Waals surface area contributed by atoms with E-state index < -0.39 is 10.0 Å². The number of sulfonamides is 1. The summed E-state index contributed by atoms with van der Waals surface area (Å²) in [7, 11) is -3.62. The molecular formula is C14H18BrN3O3S. The number of rotatable bonds is 4. The van der Waals surface area contributed by atoms with Crippen LogP contribution in [0.15, 0.2) is 21.5 Å². The highest BCUT2D eigenvalue weighted by molar-refractivity contribution is 9.10. The molecule has 120 valence electrons. The quantitative estimate of drug-likeness (QED) is 0.727. The molecule has 1 amide bonds. The number of aryl methyl sites for hydroxylation is 1. The Morgan fingerprint density at radius 1 is 1.32 bits per heavy atom. The van der Waals surface area contributed by atoms with Gasteiger partial charge in [0.1, 0.15) is 0 Å². The molecule has 0 spiro atoms. The van der Waals surface area contributed by atoms with Crippen LogP contribution in [0.2, 0.25) is 0 Å². The van der Waals surface area contributed by atoms with Gasteiger partial charge in [-0.25, -0.2) is 13.1 Å². The average molecular weight is 388 g/mol. The number of nitrogens with one attached hydrogen (secondary N) is 3. The molecular weight excluding hydrogens is 370 g/mol. The van der Waals surface area contributed by atoms with E-state index in [9.17, 15) is 13.2 Å². The summed E-state index contributed by atoms with van der Waals surface area (Å²) in [5.74, 6) is -0.0821. The van der Waals surface area contributed by atoms with E-state index in [1.54, 1.807) is 6.07 Å². The summed E-state index contributed by atoms with van der Waals surface area (Å²) in [4.78, 5) is 11.6. The minimum absolute atomic E-state index is 0.0821. The number of hydrogen-bond donors (Lipinski definition) is 3. The molecule has 6 nitrogen and oxygen atoms in total. The van der Waals surface area contributed by atoms with Crippen molar-refractivity contribution < 1.29 is 13.2 Å². The van der Waals surface area contributed by atoms with Crippen LogP contribution >= 0.6 is 15.9 Å². The molecule has 0 bridgehead atoms. The second kappa shape index (κ2) is 6.27. The molecule has 1 aromatic rings. The lowest BCUT2D eigenvalue weighted by atomic mass is 10.0. The second-order valence-electron chi connectivity index (χ2n) is 5.63. The van der Waals surface area contributed by atoms with Crippen molar-refractivity contribution in [1.82, 2.24) is 10.0 Å². The summed E-state index contributed by atoms with van der Waals surface area (Å²) in [6.45, 7) is 1.30. The molecule has 8 heteroatoms. The van der Waals surface area contributed by atoms with Gasteiger partial charge in [-0.2, -0.15) is 0 Å². The number of carbonyl (C=O) groups excluding carboxylic acids is 1. The van der Waals surface area contributed by atoms with Crippen molar-refractivity contribution >= 4 is 37.5 Å².